The lowest BCUT2D eigenvalue weighted by Crippen LogP contribution is -2.42. The average Bonchev–Trinajstić information content (AvgIpc) is 3.51. The Morgan fingerprint density at radius 3 is 2.54 bits per heavy atom. The molecule has 0 spiro atoms. The summed E-state index contributed by atoms with van der Waals surface area (Å²) in [4.78, 5) is 20.1. The number of nitrogens with zero attached hydrogens (tertiary/aromatic N) is 4. The van der Waals surface area contributed by atoms with Gasteiger partial charge in [-0.25, -0.2) is 9.78 Å². The summed E-state index contributed by atoms with van der Waals surface area (Å²) in [6.45, 7) is 4.09. The second-order valence-electron chi connectivity index (χ2n) is 10.3. The van der Waals surface area contributed by atoms with Crippen LogP contribution in [0.2, 0.25) is 0 Å². The van der Waals surface area contributed by atoms with Crippen molar-refractivity contribution in [3.63, 3.8) is 0 Å². The van der Waals surface area contributed by atoms with Crippen molar-refractivity contribution in [2.24, 2.45) is 0 Å². The van der Waals surface area contributed by atoms with E-state index in [0.717, 1.165) is 52.3 Å². The Morgan fingerprint density at radius 1 is 1.05 bits per heavy atom. The minimum Gasteiger partial charge on any atom is -0.497 e. The first kappa shape index (κ1) is 22.0. The Morgan fingerprint density at radius 2 is 1.85 bits per heavy atom. The van der Waals surface area contributed by atoms with Crippen LogP contribution in [0.25, 0.3) is 22.2 Å². The molecular formula is C30H34N4O5. The maximum Gasteiger partial charge on any atom is 0.414 e. The van der Waals surface area contributed by atoms with Crippen molar-refractivity contribution in [1.82, 2.24) is 14.7 Å². The fourth-order valence-corrected chi connectivity index (χ4v) is 6.06. The number of fused-ring (bicyclic) bond motifs is 1. The lowest BCUT2D eigenvalue weighted by Gasteiger charge is -2.37. The Kier molecular flexibility index (Phi) is 5.86. The molecule has 1 amide bonds. The molecule has 2 aliphatic rings. The molecule has 1 aliphatic carbocycles. The first-order valence-corrected chi connectivity index (χ1v) is 13.4. The van der Waals surface area contributed by atoms with Crippen LogP contribution in [0.5, 0.6) is 5.75 Å². The van der Waals surface area contributed by atoms with E-state index >= 15 is 0 Å². The molecule has 6 rings (SSSR count). The molecule has 0 bridgehead atoms. The van der Waals surface area contributed by atoms with Crippen LogP contribution < -0.4 is 9.64 Å². The van der Waals surface area contributed by atoms with Crippen LogP contribution in [0.4, 0.5) is 10.5 Å². The largest absolute Gasteiger partial charge is 0.497 e. The molecule has 39 heavy (non-hydrogen) atoms. The molecule has 2 aromatic heterocycles. The van der Waals surface area contributed by atoms with Gasteiger partial charge < -0.3 is 23.3 Å². The zero-order valence-corrected chi connectivity index (χ0v) is 22.3. The number of methoxy groups -OCH3 is 2. The van der Waals surface area contributed by atoms with Crippen molar-refractivity contribution in [3.05, 3.63) is 59.7 Å². The number of benzene rings is 2. The van der Waals surface area contributed by atoms with Crippen molar-refractivity contribution in [1.29, 1.82) is 0 Å². The highest BCUT2D eigenvalue weighted by molar-refractivity contribution is 5.90. The zero-order chi connectivity index (χ0) is 29.6. The Labute approximate surface area is 231 Å². The topological polar surface area (TPSA) is 91.9 Å². The minimum atomic E-state index is -2.42. The molecule has 0 N–H and O–H groups in total. The standard InChI is InChI=1S/C30H34N4O5/c1-18-28(19(2)39-32-18)20-5-14-26-25(17-20)31-29(33(26)21-6-10-23(36-3)11-7-21)27-15-16-38-30(35)34(27)22-8-12-24(37-4)13-9-22/h5,8-9,12-14,17,21,23,27H,6-7,10-11,15-16H2,1-4H3/i3D3. The molecule has 1 unspecified atom stereocenters. The summed E-state index contributed by atoms with van der Waals surface area (Å²) in [6.07, 6.45) is 2.51. The Hall–Kier alpha value is -3.85. The Bertz CT molecular complexity index is 1570. The van der Waals surface area contributed by atoms with Gasteiger partial charge in [0, 0.05) is 30.8 Å². The number of hydrogen-bond acceptors (Lipinski definition) is 7. The van der Waals surface area contributed by atoms with Crippen LogP contribution in [-0.2, 0) is 9.47 Å². The van der Waals surface area contributed by atoms with E-state index < -0.39 is 13.1 Å². The van der Waals surface area contributed by atoms with Gasteiger partial charge >= 0.3 is 6.09 Å². The van der Waals surface area contributed by atoms with Crippen molar-refractivity contribution < 1.29 is 27.6 Å². The highest BCUT2D eigenvalue weighted by Crippen LogP contribution is 2.41. The van der Waals surface area contributed by atoms with E-state index in [4.69, 9.17) is 27.8 Å². The van der Waals surface area contributed by atoms with E-state index in [9.17, 15) is 4.79 Å². The van der Waals surface area contributed by atoms with Gasteiger partial charge in [0.1, 0.15) is 23.4 Å². The highest BCUT2D eigenvalue weighted by Gasteiger charge is 2.37. The first-order valence-electron chi connectivity index (χ1n) is 14.9. The summed E-state index contributed by atoms with van der Waals surface area (Å²) < 4.78 is 46.4. The molecule has 0 radical (unpaired) electrons. The van der Waals surface area contributed by atoms with Crippen molar-refractivity contribution in [3.8, 4) is 16.9 Å². The van der Waals surface area contributed by atoms with Crippen LogP contribution in [0, 0.1) is 13.8 Å². The van der Waals surface area contributed by atoms with Gasteiger partial charge in [-0.3, -0.25) is 4.90 Å². The van der Waals surface area contributed by atoms with Gasteiger partial charge in [0.15, 0.2) is 0 Å². The number of hydrogen-bond donors (Lipinski definition) is 0. The fourth-order valence-electron chi connectivity index (χ4n) is 6.06. The molecule has 2 fully saturated rings. The van der Waals surface area contributed by atoms with E-state index in [2.05, 4.69) is 21.9 Å². The van der Waals surface area contributed by atoms with Crippen LogP contribution in [0.15, 0.2) is 47.0 Å². The normalized spacial score (nSPS) is 23.3. The van der Waals surface area contributed by atoms with Gasteiger partial charge in [-0.1, -0.05) is 11.2 Å². The molecule has 1 saturated heterocycles. The molecule has 4 aromatic rings. The van der Waals surface area contributed by atoms with Crippen molar-refractivity contribution in [2.45, 2.75) is 64.1 Å². The van der Waals surface area contributed by atoms with Crippen molar-refractivity contribution in [2.75, 3.05) is 25.7 Å². The third kappa shape index (κ3) is 4.54. The molecule has 1 atom stereocenters. The summed E-state index contributed by atoms with van der Waals surface area (Å²) in [5.41, 5.74) is 5.15. The molecule has 9 heteroatoms. The molecule has 1 saturated carbocycles. The predicted molar refractivity (Wildman–Crippen MR) is 147 cm³/mol. The number of aromatic nitrogens is 3. The number of carbonyl (C=O) groups is 1. The minimum absolute atomic E-state index is 0.0574. The lowest BCUT2D eigenvalue weighted by atomic mass is 9.92. The monoisotopic (exact) mass is 533 g/mol. The highest BCUT2D eigenvalue weighted by atomic mass is 16.6. The van der Waals surface area contributed by atoms with E-state index in [-0.39, 0.29) is 24.8 Å². The van der Waals surface area contributed by atoms with Gasteiger partial charge in [0.2, 0.25) is 0 Å². The SMILES string of the molecule is [2H]C([2H])([2H])OC1CCC(n2c(C3CCOC(=O)N3c3ccc(OC)cc3)nc3cc(-c4c(C)noc4C)ccc32)CC1. The number of anilines is 1. The summed E-state index contributed by atoms with van der Waals surface area (Å²) >= 11 is 0. The molecule has 2 aromatic carbocycles. The van der Waals surface area contributed by atoms with Crippen LogP contribution in [0.1, 0.15) is 65.6 Å². The van der Waals surface area contributed by atoms with Gasteiger partial charge in [0.05, 0.1) is 40.7 Å². The van der Waals surface area contributed by atoms with Gasteiger partial charge in [0.25, 0.3) is 0 Å². The zero-order valence-electron chi connectivity index (χ0n) is 25.3. The van der Waals surface area contributed by atoms with Crippen LogP contribution >= 0.6 is 0 Å². The average molecular weight is 534 g/mol. The van der Waals surface area contributed by atoms with Gasteiger partial charge in [-0.2, -0.15) is 0 Å². The number of rotatable bonds is 6. The number of imidazole rings is 1. The maximum absolute atomic E-state index is 13.2. The third-order valence-electron chi connectivity index (χ3n) is 7.99. The van der Waals surface area contributed by atoms with Gasteiger partial charge in [-0.05, 0) is 81.5 Å². The molecule has 204 valence electrons. The quantitative estimate of drug-likeness (QED) is 0.278. The van der Waals surface area contributed by atoms with Crippen LogP contribution in [-0.4, -0.2) is 47.7 Å². The number of cyclic esters (lactones) is 1. The van der Waals surface area contributed by atoms with Crippen molar-refractivity contribution >= 4 is 22.8 Å². The second-order valence-corrected chi connectivity index (χ2v) is 10.3. The summed E-state index contributed by atoms with van der Waals surface area (Å²) in [5, 5.41) is 4.12. The molecular weight excluding hydrogens is 496 g/mol. The molecule has 1 aliphatic heterocycles. The van der Waals surface area contributed by atoms with Gasteiger partial charge in [-0.15, -0.1) is 0 Å². The third-order valence-corrected chi connectivity index (χ3v) is 7.99. The number of amides is 1. The Balaban J connectivity index is 1.44. The maximum atomic E-state index is 13.2. The van der Waals surface area contributed by atoms with E-state index in [1.807, 2.05) is 44.2 Å². The number of ether oxygens (including phenoxy) is 3. The summed E-state index contributed by atoms with van der Waals surface area (Å²) in [5.74, 6) is 2.20. The predicted octanol–water partition coefficient (Wildman–Crippen LogP) is 6.53. The fraction of sp³-hybridized carbons (Fsp3) is 0.433. The second kappa shape index (κ2) is 10.4. The first-order chi connectivity index (χ1) is 20.1. The van der Waals surface area contributed by atoms with Crippen LogP contribution in [0.3, 0.4) is 0 Å². The van der Waals surface area contributed by atoms with E-state index in [1.165, 1.54) is 0 Å². The van der Waals surface area contributed by atoms with E-state index in [0.29, 0.717) is 30.7 Å². The number of aryl methyl sites for hydroxylation is 2. The smallest absolute Gasteiger partial charge is 0.414 e. The molecule has 9 nitrogen and oxygen atoms in total. The molecule has 3 heterocycles. The summed E-state index contributed by atoms with van der Waals surface area (Å²) in [6, 6.07) is 13.2. The summed E-state index contributed by atoms with van der Waals surface area (Å²) in [7, 11) is -0.815. The number of carbonyl (C=O) groups excluding carboxylic acids is 1. The lowest BCUT2D eigenvalue weighted by molar-refractivity contribution is 0.0582. The van der Waals surface area contributed by atoms with E-state index in [1.54, 1.807) is 12.0 Å².